The van der Waals surface area contributed by atoms with Gasteiger partial charge in [-0.3, -0.25) is 0 Å². The molecule has 124 valence electrons. The van der Waals surface area contributed by atoms with Crippen molar-refractivity contribution >= 4 is 0 Å². The zero-order chi connectivity index (χ0) is 17.1. The summed E-state index contributed by atoms with van der Waals surface area (Å²) in [7, 11) is 0. The van der Waals surface area contributed by atoms with E-state index in [-0.39, 0.29) is 6.61 Å². The number of aromatic nitrogens is 2. The zero-order valence-corrected chi connectivity index (χ0v) is 15.4. The molecule has 1 unspecified atom stereocenters. The largest absolute Gasteiger partial charge is 0.396 e. The van der Waals surface area contributed by atoms with Crippen LogP contribution in [-0.4, -0.2) is 21.7 Å². The first kappa shape index (κ1) is 22.3. The van der Waals surface area contributed by atoms with Gasteiger partial charge in [0.05, 0.1) is 12.3 Å². The second-order valence-corrected chi connectivity index (χ2v) is 4.18. The summed E-state index contributed by atoms with van der Waals surface area (Å²) in [5.41, 5.74) is 2.57. The SMILES string of the molecule is CC.CC.CC.Cc1nc(C)c2c(n1)C(C)(CCO)OC2. The van der Waals surface area contributed by atoms with Crippen molar-refractivity contribution in [1.82, 2.24) is 9.97 Å². The number of aliphatic hydroxyl groups excluding tert-OH is 1. The fourth-order valence-corrected chi connectivity index (χ4v) is 2.05. The molecule has 2 heterocycles. The minimum Gasteiger partial charge on any atom is -0.396 e. The number of fused-ring (bicyclic) bond motifs is 1. The van der Waals surface area contributed by atoms with Crippen LogP contribution in [0.25, 0.3) is 0 Å². The van der Waals surface area contributed by atoms with E-state index in [1.165, 1.54) is 0 Å². The van der Waals surface area contributed by atoms with Crippen molar-refractivity contribution in [3.8, 4) is 0 Å². The van der Waals surface area contributed by atoms with Gasteiger partial charge in [0, 0.05) is 24.3 Å². The van der Waals surface area contributed by atoms with Gasteiger partial charge in [-0.05, 0) is 20.8 Å². The highest BCUT2D eigenvalue weighted by atomic mass is 16.5. The highest BCUT2D eigenvalue weighted by molar-refractivity contribution is 5.32. The molecule has 0 bridgehead atoms. The summed E-state index contributed by atoms with van der Waals surface area (Å²) in [5, 5.41) is 9.03. The Hall–Kier alpha value is -1.00. The smallest absolute Gasteiger partial charge is 0.125 e. The second kappa shape index (κ2) is 11.6. The number of hydrogen-bond acceptors (Lipinski definition) is 4. The highest BCUT2D eigenvalue weighted by Crippen LogP contribution is 2.38. The maximum atomic E-state index is 9.03. The third kappa shape index (κ3) is 5.71. The third-order valence-corrected chi connectivity index (χ3v) is 2.95. The number of rotatable bonds is 2. The van der Waals surface area contributed by atoms with Gasteiger partial charge in [0.1, 0.15) is 11.4 Å². The van der Waals surface area contributed by atoms with Crippen molar-refractivity contribution in [3.05, 3.63) is 22.8 Å². The summed E-state index contributed by atoms with van der Waals surface area (Å²) in [6, 6.07) is 0. The Morgan fingerprint density at radius 3 is 2.05 bits per heavy atom. The third-order valence-electron chi connectivity index (χ3n) is 2.95. The van der Waals surface area contributed by atoms with Gasteiger partial charge in [0.2, 0.25) is 0 Å². The van der Waals surface area contributed by atoms with Gasteiger partial charge >= 0.3 is 0 Å². The summed E-state index contributed by atoms with van der Waals surface area (Å²) in [5.74, 6) is 0.765. The van der Waals surface area contributed by atoms with Gasteiger partial charge in [0.15, 0.2) is 0 Å². The molecule has 1 N–H and O–H groups in total. The van der Waals surface area contributed by atoms with Crippen molar-refractivity contribution < 1.29 is 9.84 Å². The Bertz CT molecular complexity index is 395. The van der Waals surface area contributed by atoms with E-state index >= 15 is 0 Å². The van der Waals surface area contributed by atoms with Gasteiger partial charge in [-0.1, -0.05) is 41.5 Å². The number of aryl methyl sites for hydroxylation is 2. The fourth-order valence-electron chi connectivity index (χ4n) is 2.05. The average molecular weight is 298 g/mol. The molecule has 4 heteroatoms. The Labute approximate surface area is 131 Å². The molecule has 0 aromatic carbocycles. The van der Waals surface area contributed by atoms with E-state index in [4.69, 9.17) is 9.84 Å². The topological polar surface area (TPSA) is 55.2 Å². The fraction of sp³-hybridized carbons (Fsp3) is 0.765. The Morgan fingerprint density at radius 2 is 1.57 bits per heavy atom. The molecule has 0 radical (unpaired) electrons. The molecule has 0 spiro atoms. The molecular weight excluding hydrogens is 264 g/mol. The lowest BCUT2D eigenvalue weighted by Crippen LogP contribution is -2.24. The van der Waals surface area contributed by atoms with E-state index < -0.39 is 5.60 Å². The lowest BCUT2D eigenvalue weighted by molar-refractivity contribution is -0.0412. The van der Waals surface area contributed by atoms with Gasteiger partial charge in [-0.25, -0.2) is 9.97 Å². The Morgan fingerprint density at radius 1 is 1.05 bits per heavy atom. The maximum Gasteiger partial charge on any atom is 0.125 e. The molecule has 0 amide bonds. The first-order valence-electron chi connectivity index (χ1n) is 8.16. The van der Waals surface area contributed by atoms with Crippen molar-refractivity contribution in [2.75, 3.05) is 6.61 Å². The summed E-state index contributed by atoms with van der Waals surface area (Å²) < 4.78 is 5.72. The quantitative estimate of drug-likeness (QED) is 0.884. The molecule has 1 aromatic rings. The van der Waals surface area contributed by atoms with E-state index in [0.29, 0.717) is 13.0 Å². The predicted molar refractivity (Wildman–Crippen MR) is 89.4 cm³/mol. The van der Waals surface area contributed by atoms with Crippen LogP contribution in [0.2, 0.25) is 0 Å². The monoisotopic (exact) mass is 298 g/mol. The van der Waals surface area contributed by atoms with E-state index in [2.05, 4.69) is 9.97 Å². The molecule has 21 heavy (non-hydrogen) atoms. The highest BCUT2D eigenvalue weighted by Gasteiger charge is 2.38. The molecular formula is C17H34N2O2. The summed E-state index contributed by atoms with van der Waals surface area (Å²) >= 11 is 0. The predicted octanol–water partition coefficient (Wildman–Crippen LogP) is 4.30. The molecule has 0 aliphatic carbocycles. The second-order valence-electron chi connectivity index (χ2n) is 4.18. The van der Waals surface area contributed by atoms with Crippen molar-refractivity contribution in [1.29, 1.82) is 0 Å². The van der Waals surface area contributed by atoms with Crippen LogP contribution in [0.3, 0.4) is 0 Å². The minimum atomic E-state index is -0.442. The lowest BCUT2D eigenvalue weighted by atomic mass is 9.96. The van der Waals surface area contributed by atoms with Crippen LogP contribution in [0.15, 0.2) is 0 Å². The zero-order valence-electron chi connectivity index (χ0n) is 15.4. The number of aliphatic hydroxyl groups is 1. The number of hydrogen-bond donors (Lipinski definition) is 1. The van der Waals surface area contributed by atoms with Crippen LogP contribution < -0.4 is 0 Å². The molecule has 1 aliphatic rings. The first-order valence-corrected chi connectivity index (χ1v) is 8.16. The van der Waals surface area contributed by atoms with Crippen LogP contribution in [0.4, 0.5) is 0 Å². The Kier molecular flexibility index (Phi) is 12.3. The molecule has 1 aliphatic heterocycles. The minimum absolute atomic E-state index is 0.109. The average Bonchev–Trinajstić information content (AvgIpc) is 2.83. The van der Waals surface area contributed by atoms with Gasteiger partial charge in [0.25, 0.3) is 0 Å². The summed E-state index contributed by atoms with van der Waals surface area (Å²) in [4.78, 5) is 8.76. The molecule has 0 saturated carbocycles. The number of nitrogens with zero attached hydrogens (tertiary/aromatic N) is 2. The maximum absolute atomic E-state index is 9.03. The number of ether oxygens (including phenoxy) is 1. The molecule has 2 rings (SSSR count). The van der Waals surface area contributed by atoms with Crippen LogP contribution in [0, 0.1) is 13.8 Å². The van der Waals surface area contributed by atoms with Crippen molar-refractivity contribution in [3.63, 3.8) is 0 Å². The van der Waals surface area contributed by atoms with E-state index in [1.807, 2.05) is 62.3 Å². The van der Waals surface area contributed by atoms with Crippen LogP contribution >= 0.6 is 0 Å². The van der Waals surface area contributed by atoms with Crippen LogP contribution in [0.5, 0.6) is 0 Å². The van der Waals surface area contributed by atoms with Crippen molar-refractivity contribution in [2.45, 2.75) is 80.9 Å². The van der Waals surface area contributed by atoms with Gasteiger partial charge < -0.3 is 9.84 Å². The van der Waals surface area contributed by atoms with Gasteiger partial charge in [-0.2, -0.15) is 0 Å². The van der Waals surface area contributed by atoms with E-state index in [0.717, 1.165) is 22.8 Å². The van der Waals surface area contributed by atoms with Gasteiger partial charge in [-0.15, -0.1) is 0 Å². The first-order chi connectivity index (χ1) is 10.1. The van der Waals surface area contributed by atoms with Crippen LogP contribution in [-0.2, 0) is 16.9 Å². The standard InChI is InChI=1S/C11H16N2O2.3C2H6/c1-7-9-6-15-11(3,4-5-14)10(9)13-8(2)12-7;3*1-2/h14H,4-6H2,1-3H3;3*1-2H3. The molecule has 0 fully saturated rings. The van der Waals surface area contributed by atoms with E-state index in [9.17, 15) is 0 Å². The van der Waals surface area contributed by atoms with Crippen LogP contribution in [0.1, 0.15) is 77.7 Å². The normalized spacial score (nSPS) is 18.2. The molecule has 0 saturated heterocycles. The molecule has 4 nitrogen and oxygen atoms in total. The lowest BCUT2D eigenvalue weighted by Gasteiger charge is -2.22. The Balaban J connectivity index is 0. The van der Waals surface area contributed by atoms with E-state index in [1.54, 1.807) is 0 Å². The van der Waals surface area contributed by atoms with Crippen molar-refractivity contribution in [2.24, 2.45) is 0 Å². The molecule has 1 atom stereocenters. The summed E-state index contributed by atoms with van der Waals surface area (Å²) in [6.07, 6.45) is 0.579. The summed E-state index contributed by atoms with van der Waals surface area (Å²) in [6.45, 7) is 18.5. The molecule has 1 aromatic heterocycles.